The van der Waals surface area contributed by atoms with Crippen LogP contribution >= 0.6 is 15.9 Å². The number of carbonyl (C=O) groups is 2. The molecule has 9 nitrogen and oxygen atoms in total. The summed E-state index contributed by atoms with van der Waals surface area (Å²) in [6.45, 7) is 0.0526. The highest BCUT2D eigenvalue weighted by atomic mass is 79.9. The first kappa shape index (κ1) is 26.4. The molecule has 0 bridgehead atoms. The van der Waals surface area contributed by atoms with Gasteiger partial charge < -0.3 is 24.4 Å². The number of carbonyl (C=O) groups excluding carboxylic acids is 2. The van der Waals surface area contributed by atoms with Crippen LogP contribution in [0.25, 0.3) is 10.9 Å². The average molecular weight is 569 g/mol. The number of aliphatic hydroxyl groups excluding tert-OH is 2. The van der Waals surface area contributed by atoms with Gasteiger partial charge >= 0.3 is 5.97 Å². The molecule has 0 radical (unpaired) electrons. The number of ether oxygens (including phenoxy) is 1. The van der Waals surface area contributed by atoms with Gasteiger partial charge in [0, 0.05) is 41.1 Å². The van der Waals surface area contributed by atoms with Crippen molar-refractivity contribution in [3.05, 3.63) is 94.1 Å². The molecular weight excluding hydrogens is 544 g/mol. The largest absolute Gasteiger partial charge is 0.457 e. The monoisotopic (exact) mass is 568 g/mol. The van der Waals surface area contributed by atoms with Crippen molar-refractivity contribution in [1.82, 2.24) is 9.47 Å². The number of halogens is 1. The molecule has 0 spiro atoms. The van der Waals surface area contributed by atoms with E-state index >= 15 is 0 Å². The van der Waals surface area contributed by atoms with Gasteiger partial charge in [0.25, 0.3) is 5.91 Å². The third-order valence-electron chi connectivity index (χ3n) is 5.78. The van der Waals surface area contributed by atoms with E-state index in [2.05, 4.69) is 20.8 Å². The zero-order chi connectivity index (χ0) is 26.4. The highest BCUT2D eigenvalue weighted by molar-refractivity contribution is 9.10. The summed E-state index contributed by atoms with van der Waals surface area (Å²) in [5.74, 6) is -0.0255. The van der Waals surface area contributed by atoms with Crippen LogP contribution in [0.4, 0.5) is 0 Å². The quantitative estimate of drug-likeness (QED) is 0.192. The average Bonchev–Trinajstić information content (AvgIpc) is 3.27. The van der Waals surface area contributed by atoms with Gasteiger partial charge in [-0.25, -0.2) is 4.79 Å². The SMILES string of the molecule is O=C(OO)c1cc2c(Br)cc(Oc3ccccc3)cc2n1Cc1ccc(C(=O)N(CCO)CCO)cc1. The molecule has 4 rings (SSSR count). The molecule has 192 valence electrons. The maximum atomic E-state index is 12.7. The minimum absolute atomic E-state index is 0.116. The first-order valence-corrected chi connectivity index (χ1v) is 12.3. The summed E-state index contributed by atoms with van der Waals surface area (Å²) >= 11 is 3.54. The van der Waals surface area contributed by atoms with E-state index in [9.17, 15) is 19.8 Å². The molecule has 0 unspecified atom stereocenters. The predicted molar refractivity (Wildman–Crippen MR) is 140 cm³/mol. The third kappa shape index (κ3) is 6.00. The Morgan fingerprint density at radius 3 is 2.19 bits per heavy atom. The summed E-state index contributed by atoms with van der Waals surface area (Å²) in [7, 11) is 0. The standard InChI is InChI=1S/C27H25BrN2O7/c28-23-14-21(36-20-4-2-1-3-5-20)15-24-22(23)16-25(27(34)37-35)30(24)17-18-6-8-19(9-7-18)26(33)29(10-12-31)11-13-32/h1-9,14-16,31-32,35H,10-13,17H2. The van der Waals surface area contributed by atoms with E-state index in [0.29, 0.717) is 27.1 Å². The van der Waals surface area contributed by atoms with Crippen molar-refractivity contribution in [1.29, 1.82) is 0 Å². The molecule has 1 heterocycles. The fourth-order valence-corrected chi connectivity index (χ4v) is 4.58. The number of nitrogens with zero attached hydrogens (tertiary/aromatic N) is 2. The fourth-order valence-electron chi connectivity index (χ4n) is 4.03. The lowest BCUT2D eigenvalue weighted by Crippen LogP contribution is -2.35. The van der Waals surface area contributed by atoms with Crippen molar-refractivity contribution in [2.45, 2.75) is 6.54 Å². The van der Waals surface area contributed by atoms with Crippen LogP contribution < -0.4 is 4.74 Å². The van der Waals surface area contributed by atoms with E-state index in [1.54, 1.807) is 47.0 Å². The number of para-hydroxylation sites is 1. The summed E-state index contributed by atoms with van der Waals surface area (Å²) < 4.78 is 8.37. The van der Waals surface area contributed by atoms with Gasteiger partial charge in [0.1, 0.15) is 17.2 Å². The summed E-state index contributed by atoms with van der Waals surface area (Å²) in [4.78, 5) is 30.5. The summed E-state index contributed by atoms with van der Waals surface area (Å²) in [5, 5.41) is 28.2. The van der Waals surface area contributed by atoms with Crippen LogP contribution in [0.5, 0.6) is 11.5 Å². The Kier molecular flexibility index (Phi) is 8.57. The molecule has 10 heteroatoms. The zero-order valence-electron chi connectivity index (χ0n) is 19.7. The molecule has 0 fully saturated rings. The van der Waals surface area contributed by atoms with Crippen molar-refractivity contribution >= 4 is 38.7 Å². The Morgan fingerprint density at radius 1 is 0.892 bits per heavy atom. The molecule has 1 amide bonds. The van der Waals surface area contributed by atoms with E-state index in [4.69, 9.17) is 9.99 Å². The van der Waals surface area contributed by atoms with E-state index < -0.39 is 5.97 Å². The maximum absolute atomic E-state index is 12.7. The Hall–Kier alpha value is -3.70. The number of rotatable bonds is 10. The van der Waals surface area contributed by atoms with E-state index in [1.807, 2.05) is 30.3 Å². The Balaban J connectivity index is 1.68. The third-order valence-corrected chi connectivity index (χ3v) is 6.44. The number of aliphatic hydroxyl groups is 2. The molecule has 0 saturated carbocycles. The molecule has 0 aliphatic rings. The van der Waals surface area contributed by atoms with Crippen molar-refractivity contribution in [3.8, 4) is 11.5 Å². The lowest BCUT2D eigenvalue weighted by atomic mass is 10.1. The molecule has 4 aromatic rings. The van der Waals surface area contributed by atoms with Crippen molar-refractivity contribution in [2.75, 3.05) is 26.3 Å². The second-order valence-electron chi connectivity index (χ2n) is 8.18. The Bertz CT molecular complexity index is 1380. The number of benzene rings is 3. The first-order valence-electron chi connectivity index (χ1n) is 11.5. The van der Waals surface area contributed by atoms with Crippen LogP contribution in [0.15, 0.2) is 77.3 Å². The second-order valence-corrected chi connectivity index (χ2v) is 9.04. The molecule has 1 aromatic heterocycles. The smallest absolute Gasteiger partial charge is 0.389 e. The molecule has 0 aliphatic heterocycles. The number of hydrogen-bond acceptors (Lipinski definition) is 7. The molecule has 0 atom stereocenters. The van der Waals surface area contributed by atoms with E-state index in [0.717, 1.165) is 10.9 Å². The molecule has 3 N–H and O–H groups in total. The normalized spacial score (nSPS) is 10.9. The van der Waals surface area contributed by atoms with Crippen LogP contribution in [0.1, 0.15) is 26.4 Å². The van der Waals surface area contributed by atoms with Crippen molar-refractivity contribution in [2.24, 2.45) is 0 Å². The Morgan fingerprint density at radius 2 is 1.57 bits per heavy atom. The first-order chi connectivity index (χ1) is 17.9. The number of hydrogen-bond donors (Lipinski definition) is 3. The van der Waals surface area contributed by atoms with Gasteiger partial charge in [-0.15, -0.1) is 0 Å². The van der Waals surface area contributed by atoms with Gasteiger partial charge in [0.15, 0.2) is 0 Å². The number of aromatic nitrogens is 1. The minimum Gasteiger partial charge on any atom is -0.457 e. The minimum atomic E-state index is -0.913. The van der Waals surface area contributed by atoms with Gasteiger partial charge in [-0.1, -0.05) is 30.3 Å². The topological polar surface area (TPSA) is 121 Å². The van der Waals surface area contributed by atoms with E-state index in [-0.39, 0.29) is 44.4 Å². The van der Waals surface area contributed by atoms with Gasteiger partial charge in [-0.3, -0.25) is 9.68 Å². The zero-order valence-corrected chi connectivity index (χ0v) is 21.3. The van der Waals surface area contributed by atoms with Gasteiger partial charge in [-0.05, 0) is 57.9 Å². The van der Waals surface area contributed by atoms with Gasteiger partial charge in [0.2, 0.25) is 0 Å². The second kappa shape index (κ2) is 12.0. The van der Waals surface area contributed by atoms with Gasteiger partial charge in [0.05, 0.1) is 18.7 Å². The van der Waals surface area contributed by atoms with Crippen LogP contribution in [-0.4, -0.2) is 63.1 Å². The molecule has 3 aromatic carbocycles. The lowest BCUT2D eigenvalue weighted by molar-refractivity contribution is -0.183. The van der Waals surface area contributed by atoms with Crippen molar-refractivity contribution < 1.29 is 34.7 Å². The summed E-state index contributed by atoms with van der Waals surface area (Å²) in [6, 6.07) is 21.3. The lowest BCUT2D eigenvalue weighted by Gasteiger charge is -2.20. The molecular formula is C27H25BrN2O7. The molecule has 0 aliphatic carbocycles. The number of fused-ring (bicyclic) bond motifs is 1. The predicted octanol–water partition coefficient (Wildman–Crippen LogP) is 4.30. The van der Waals surface area contributed by atoms with Crippen LogP contribution in [-0.2, 0) is 11.4 Å². The summed E-state index contributed by atoms with van der Waals surface area (Å²) in [5.41, 5.74) is 1.98. The molecule has 0 saturated heterocycles. The van der Waals surface area contributed by atoms with Crippen LogP contribution in [0.2, 0.25) is 0 Å². The van der Waals surface area contributed by atoms with Crippen LogP contribution in [0.3, 0.4) is 0 Å². The van der Waals surface area contributed by atoms with Crippen molar-refractivity contribution in [3.63, 3.8) is 0 Å². The number of amides is 1. The van der Waals surface area contributed by atoms with E-state index in [1.165, 1.54) is 4.90 Å². The Labute approximate surface area is 221 Å². The highest BCUT2D eigenvalue weighted by Gasteiger charge is 2.21. The maximum Gasteiger partial charge on any atom is 0.389 e. The van der Waals surface area contributed by atoms with Crippen LogP contribution in [0, 0.1) is 0 Å². The summed E-state index contributed by atoms with van der Waals surface area (Å²) in [6.07, 6.45) is 0. The van der Waals surface area contributed by atoms with Gasteiger partial charge in [-0.2, -0.15) is 5.26 Å². The molecule has 37 heavy (non-hydrogen) atoms. The fraction of sp³-hybridized carbons (Fsp3) is 0.185. The highest BCUT2D eigenvalue weighted by Crippen LogP contribution is 2.34.